The highest BCUT2D eigenvalue weighted by molar-refractivity contribution is 6.61. The smallest absolute Gasteiger partial charge is 0.509 e. The lowest BCUT2D eigenvalue weighted by atomic mass is 9.99. The Kier molecular flexibility index (Phi) is 18.5. The van der Waals surface area contributed by atoms with Crippen LogP contribution >= 0.6 is 34.8 Å². The minimum atomic E-state index is -0.861. The van der Waals surface area contributed by atoms with E-state index in [1.54, 1.807) is 35.1 Å². The Hall–Kier alpha value is -4.21. The van der Waals surface area contributed by atoms with Gasteiger partial charge in [0.25, 0.3) is 11.8 Å². The molecular formula is C42H53Cl3N2O12. The van der Waals surface area contributed by atoms with Crippen LogP contribution in [0.2, 0.25) is 10.0 Å². The van der Waals surface area contributed by atoms with Gasteiger partial charge in [-0.2, -0.15) is 0 Å². The maximum Gasteiger partial charge on any atom is 0.513 e. The van der Waals surface area contributed by atoms with Crippen LogP contribution in [0.1, 0.15) is 74.6 Å². The average molecular weight is 884 g/mol. The predicted molar refractivity (Wildman–Crippen MR) is 223 cm³/mol. The first-order chi connectivity index (χ1) is 28.3. The number of fused-ring (bicyclic) bond motifs is 2. The van der Waals surface area contributed by atoms with Crippen molar-refractivity contribution in [2.45, 2.75) is 78.3 Å². The van der Waals surface area contributed by atoms with E-state index in [2.05, 4.69) is 4.74 Å². The van der Waals surface area contributed by atoms with Crippen molar-refractivity contribution in [1.82, 2.24) is 9.80 Å². The lowest BCUT2D eigenvalue weighted by molar-refractivity contribution is -0.127. The second kappa shape index (κ2) is 23.0. The Morgan fingerprint density at radius 2 is 1.19 bits per heavy atom. The van der Waals surface area contributed by atoms with Gasteiger partial charge in [-0.25, -0.2) is 9.59 Å². The maximum atomic E-state index is 13.2. The van der Waals surface area contributed by atoms with Gasteiger partial charge in [0, 0.05) is 37.9 Å². The first kappa shape index (κ1) is 47.5. The lowest BCUT2D eigenvalue weighted by Gasteiger charge is -2.30. The van der Waals surface area contributed by atoms with Crippen LogP contribution in [0.5, 0.6) is 11.5 Å². The Balaban J connectivity index is 0.000000223. The van der Waals surface area contributed by atoms with E-state index in [4.69, 9.17) is 63.2 Å². The van der Waals surface area contributed by atoms with Gasteiger partial charge < -0.3 is 48.1 Å². The Morgan fingerprint density at radius 1 is 0.712 bits per heavy atom. The van der Waals surface area contributed by atoms with Gasteiger partial charge in [0.2, 0.25) is 0 Å². The van der Waals surface area contributed by atoms with Crippen LogP contribution in [0.3, 0.4) is 0 Å². The molecule has 2 aromatic carbocycles. The van der Waals surface area contributed by atoms with Crippen molar-refractivity contribution >= 4 is 69.3 Å². The zero-order valence-corrected chi connectivity index (χ0v) is 36.6. The summed E-state index contributed by atoms with van der Waals surface area (Å²) in [6.45, 7) is 11.0. The number of carbonyl (C=O) groups is 4. The number of piperidine rings is 2. The van der Waals surface area contributed by atoms with Gasteiger partial charge in [-0.15, -0.1) is 0 Å². The standard InChI is InChI=1S/C21H26ClNO6.C16H18ClNO3.C5H9ClO3/c1-4-27-9-10-28-21(25)29-19-15-7-5-6-8-23(15)20(24)18(19)17-14(22)11-13(2)12-16(17)26-3;1-9-7-10(17)13(12(8-9)21-2)14-15(19)11-5-3-4-6-18(11)16(14)20;1-2-8-3-4-9-5(6)7/h11-12,15H,4-10H2,1-3H3;7-8,11,19H,3-6H2,1-2H3;2-4H2,1H3. The fraction of sp³-hybridized carbons (Fsp3) is 0.524. The third kappa shape index (κ3) is 12.0. The van der Waals surface area contributed by atoms with Gasteiger partial charge in [0.15, 0.2) is 0 Å². The predicted octanol–water partition coefficient (Wildman–Crippen LogP) is 8.67. The van der Waals surface area contributed by atoms with E-state index in [1.165, 1.54) is 7.11 Å². The van der Waals surface area contributed by atoms with E-state index in [9.17, 15) is 24.3 Å². The number of ether oxygens (including phenoxy) is 7. The lowest BCUT2D eigenvalue weighted by Crippen LogP contribution is -2.40. The summed E-state index contributed by atoms with van der Waals surface area (Å²) in [6, 6.07) is 6.65. The van der Waals surface area contributed by atoms with Crippen molar-refractivity contribution < 1.29 is 57.4 Å². The van der Waals surface area contributed by atoms with E-state index in [-0.39, 0.29) is 60.8 Å². The summed E-state index contributed by atoms with van der Waals surface area (Å²) >= 11 is 17.7. The number of aryl methyl sites for hydroxylation is 2. The van der Waals surface area contributed by atoms with Gasteiger partial charge >= 0.3 is 11.6 Å². The van der Waals surface area contributed by atoms with E-state index < -0.39 is 11.6 Å². The molecule has 4 aliphatic rings. The molecule has 1 N–H and O–H groups in total. The van der Waals surface area contributed by atoms with E-state index >= 15 is 0 Å². The Labute approximate surface area is 360 Å². The molecule has 2 saturated heterocycles. The molecule has 4 heterocycles. The summed E-state index contributed by atoms with van der Waals surface area (Å²) in [4.78, 5) is 51.5. The molecule has 2 fully saturated rings. The van der Waals surface area contributed by atoms with Gasteiger partial charge in [0.05, 0.1) is 71.8 Å². The van der Waals surface area contributed by atoms with Crippen LogP contribution in [0.25, 0.3) is 11.1 Å². The molecule has 2 amide bonds. The molecule has 2 unspecified atom stereocenters. The van der Waals surface area contributed by atoms with E-state index in [0.717, 1.165) is 43.2 Å². The minimum absolute atomic E-state index is 0.0756. The third-order valence-corrected chi connectivity index (χ3v) is 10.6. The van der Waals surface area contributed by atoms with Crippen molar-refractivity contribution in [3.8, 4) is 11.5 Å². The van der Waals surface area contributed by atoms with Crippen LogP contribution in [-0.2, 0) is 33.3 Å². The Morgan fingerprint density at radius 3 is 1.68 bits per heavy atom. The number of hydrogen-bond donors (Lipinski definition) is 1. The average Bonchev–Trinajstić information content (AvgIpc) is 3.62. The van der Waals surface area contributed by atoms with Crippen LogP contribution in [0.15, 0.2) is 35.8 Å². The van der Waals surface area contributed by atoms with Crippen molar-refractivity contribution in [1.29, 1.82) is 0 Å². The van der Waals surface area contributed by atoms with Crippen LogP contribution in [0.4, 0.5) is 9.59 Å². The summed E-state index contributed by atoms with van der Waals surface area (Å²) in [5, 5.41) is 11.3. The van der Waals surface area contributed by atoms with Gasteiger partial charge in [0.1, 0.15) is 36.2 Å². The molecule has 0 aromatic heterocycles. The molecule has 0 radical (unpaired) electrons. The fourth-order valence-corrected chi connectivity index (χ4v) is 8.12. The number of rotatable bonds is 13. The van der Waals surface area contributed by atoms with Crippen LogP contribution in [0, 0.1) is 13.8 Å². The fourth-order valence-electron chi connectivity index (χ4n) is 7.33. The SMILES string of the molecule is CCOCCOC(=O)Cl.CCOCCOC(=O)OC1=C(c2c(Cl)cc(C)cc2OC)C(=O)N2CCCCC12.COc1cc(C)cc(Cl)c1C1=C(O)C2CCCCN2C1=O. The number of hydrogen-bond acceptors (Lipinski definition) is 12. The molecular weight excluding hydrogens is 831 g/mol. The molecule has 0 aliphatic carbocycles. The molecule has 324 valence electrons. The zero-order chi connectivity index (χ0) is 43.2. The molecule has 0 saturated carbocycles. The summed E-state index contributed by atoms with van der Waals surface area (Å²) in [7, 11) is 3.06. The number of amides is 2. The monoisotopic (exact) mass is 882 g/mol. The molecule has 2 atom stereocenters. The van der Waals surface area contributed by atoms with Crippen molar-refractivity contribution in [3.63, 3.8) is 0 Å². The number of halogens is 3. The van der Waals surface area contributed by atoms with Gasteiger partial charge in [-0.05, 0) is 102 Å². The first-order valence-electron chi connectivity index (χ1n) is 19.6. The molecule has 0 bridgehead atoms. The summed E-state index contributed by atoms with van der Waals surface area (Å²) in [5.74, 6) is 1.03. The van der Waals surface area contributed by atoms with Gasteiger partial charge in [-0.3, -0.25) is 9.59 Å². The molecule has 59 heavy (non-hydrogen) atoms. The number of nitrogens with zero attached hydrogens (tertiary/aromatic N) is 2. The highest BCUT2D eigenvalue weighted by atomic mass is 35.5. The van der Waals surface area contributed by atoms with Crippen molar-refractivity contribution in [2.75, 3.05) is 67.0 Å². The molecule has 14 nitrogen and oxygen atoms in total. The van der Waals surface area contributed by atoms with Crippen LogP contribution in [-0.4, -0.2) is 117 Å². The number of carbonyl (C=O) groups excluding carboxylic acids is 4. The number of methoxy groups -OCH3 is 2. The Bertz CT molecular complexity index is 1900. The summed E-state index contributed by atoms with van der Waals surface area (Å²) in [6.07, 6.45) is 4.48. The topological polar surface area (TPSA) is 160 Å². The van der Waals surface area contributed by atoms with E-state index in [0.29, 0.717) is 77.6 Å². The summed E-state index contributed by atoms with van der Waals surface area (Å²) in [5.41, 5.74) is 2.57. The second-order valence-electron chi connectivity index (χ2n) is 13.8. The van der Waals surface area contributed by atoms with Crippen molar-refractivity contribution in [3.05, 3.63) is 68.1 Å². The third-order valence-electron chi connectivity index (χ3n) is 9.90. The quantitative estimate of drug-likeness (QED) is 0.116. The second-order valence-corrected chi connectivity index (χ2v) is 15.0. The number of aliphatic hydroxyl groups is 1. The molecule has 0 spiro atoms. The van der Waals surface area contributed by atoms with Gasteiger partial charge in [-0.1, -0.05) is 23.2 Å². The molecule has 6 rings (SSSR count). The molecule has 2 aromatic rings. The minimum Gasteiger partial charge on any atom is -0.509 e. The normalized spacial score (nSPS) is 18.3. The first-order valence-corrected chi connectivity index (χ1v) is 20.7. The maximum absolute atomic E-state index is 13.2. The zero-order valence-electron chi connectivity index (χ0n) is 34.3. The van der Waals surface area contributed by atoms with Crippen LogP contribution < -0.4 is 9.47 Å². The molecule has 17 heteroatoms. The number of benzene rings is 2. The highest BCUT2D eigenvalue weighted by Crippen LogP contribution is 2.45. The van der Waals surface area contributed by atoms with Crippen molar-refractivity contribution in [2.24, 2.45) is 0 Å². The van der Waals surface area contributed by atoms with E-state index in [1.807, 2.05) is 33.8 Å². The molecule has 4 aliphatic heterocycles. The highest BCUT2D eigenvalue weighted by Gasteiger charge is 2.45. The summed E-state index contributed by atoms with van der Waals surface area (Å²) < 4.78 is 35.9. The number of aliphatic hydroxyl groups excluding tert-OH is 1. The largest absolute Gasteiger partial charge is 0.513 e.